The van der Waals surface area contributed by atoms with E-state index in [0.29, 0.717) is 43.6 Å². The first kappa shape index (κ1) is 21.4. The molecule has 0 aliphatic carbocycles. The molecule has 29 heavy (non-hydrogen) atoms. The van der Waals surface area contributed by atoms with Crippen LogP contribution in [0.2, 0.25) is 0 Å². The third-order valence-electron chi connectivity index (χ3n) is 6.01. The van der Waals surface area contributed by atoms with Crippen molar-refractivity contribution in [2.24, 2.45) is 0 Å². The predicted molar refractivity (Wildman–Crippen MR) is 111 cm³/mol. The van der Waals surface area contributed by atoms with E-state index in [1.807, 2.05) is 28.0 Å². The summed E-state index contributed by atoms with van der Waals surface area (Å²) in [6.07, 6.45) is 3.76. The molecule has 2 heterocycles. The number of piperazine rings is 1. The molecule has 2 amide bonds. The number of hydrogen-bond acceptors (Lipinski definition) is 5. The Balaban J connectivity index is 1.47. The van der Waals surface area contributed by atoms with Crippen LogP contribution in [0.15, 0.2) is 18.2 Å². The van der Waals surface area contributed by atoms with Gasteiger partial charge in [0.15, 0.2) is 11.5 Å². The number of carbonyl (C=O) groups excluding carboxylic acids is 2. The van der Waals surface area contributed by atoms with Gasteiger partial charge in [-0.25, -0.2) is 0 Å². The van der Waals surface area contributed by atoms with Crippen LogP contribution in [0.4, 0.5) is 0 Å². The lowest BCUT2D eigenvalue weighted by Crippen LogP contribution is -2.53. The molecule has 2 fully saturated rings. The molecule has 1 unspecified atom stereocenters. The van der Waals surface area contributed by atoms with Crippen molar-refractivity contribution in [1.82, 2.24) is 14.7 Å². The van der Waals surface area contributed by atoms with Crippen LogP contribution < -0.4 is 9.47 Å². The van der Waals surface area contributed by atoms with Crippen LogP contribution in [0.25, 0.3) is 0 Å². The average molecular weight is 404 g/mol. The number of rotatable bonds is 6. The number of likely N-dealkylation sites (tertiary alicyclic amines) is 1. The molecular weight excluding hydrogens is 370 g/mol. The van der Waals surface area contributed by atoms with Crippen LogP contribution >= 0.6 is 0 Å². The Morgan fingerprint density at radius 2 is 1.69 bits per heavy atom. The second-order valence-corrected chi connectivity index (χ2v) is 7.95. The zero-order chi connectivity index (χ0) is 20.8. The van der Waals surface area contributed by atoms with E-state index in [1.54, 1.807) is 14.2 Å². The van der Waals surface area contributed by atoms with Crippen molar-refractivity contribution >= 4 is 11.8 Å². The first-order valence-corrected chi connectivity index (χ1v) is 10.5. The predicted octanol–water partition coefficient (Wildman–Crippen LogP) is 1.79. The summed E-state index contributed by atoms with van der Waals surface area (Å²) in [5, 5.41) is 0. The molecule has 160 valence electrons. The second kappa shape index (κ2) is 9.96. The van der Waals surface area contributed by atoms with E-state index in [0.717, 1.165) is 38.0 Å². The van der Waals surface area contributed by atoms with E-state index in [9.17, 15) is 9.59 Å². The Morgan fingerprint density at radius 3 is 2.34 bits per heavy atom. The third-order valence-corrected chi connectivity index (χ3v) is 6.01. The summed E-state index contributed by atoms with van der Waals surface area (Å²) in [7, 11) is 3.19. The Morgan fingerprint density at radius 1 is 0.966 bits per heavy atom. The Kier molecular flexibility index (Phi) is 7.36. The summed E-state index contributed by atoms with van der Waals surface area (Å²) >= 11 is 0. The normalized spacial score (nSPS) is 20.4. The molecule has 0 N–H and O–H groups in total. The summed E-state index contributed by atoms with van der Waals surface area (Å²) in [5.41, 5.74) is 0.907. The Hall–Kier alpha value is -2.28. The van der Waals surface area contributed by atoms with Gasteiger partial charge in [0, 0.05) is 38.8 Å². The molecule has 0 bridgehead atoms. The standard InChI is InChI=1S/C22H33N3O4/c1-17-6-4-5-9-25(17)22(27)16-23-10-12-24(13-11-23)21(26)15-18-7-8-19(28-2)20(14-18)29-3/h7-8,14,17H,4-6,9-13,15-16H2,1-3H3. The van der Waals surface area contributed by atoms with Crippen molar-refractivity contribution in [1.29, 1.82) is 0 Å². The molecular formula is C22H33N3O4. The summed E-state index contributed by atoms with van der Waals surface area (Å²) in [6, 6.07) is 5.92. The maximum absolute atomic E-state index is 12.7. The van der Waals surface area contributed by atoms with Gasteiger partial charge in [-0.1, -0.05) is 6.07 Å². The highest BCUT2D eigenvalue weighted by Gasteiger charge is 2.27. The molecule has 2 aliphatic rings. The van der Waals surface area contributed by atoms with E-state index >= 15 is 0 Å². The SMILES string of the molecule is COc1ccc(CC(=O)N2CCN(CC(=O)N3CCCCC3C)CC2)cc1OC. The van der Waals surface area contributed by atoms with Crippen LogP contribution in [0, 0.1) is 0 Å². The number of benzene rings is 1. The van der Waals surface area contributed by atoms with Crippen molar-refractivity contribution in [2.75, 3.05) is 53.5 Å². The zero-order valence-electron chi connectivity index (χ0n) is 17.9. The van der Waals surface area contributed by atoms with Gasteiger partial charge in [0.05, 0.1) is 27.2 Å². The minimum absolute atomic E-state index is 0.104. The van der Waals surface area contributed by atoms with Crippen molar-refractivity contribution in [2.45, 2.75) is 38.6 Å². The highest BCUT2D eigenvalue weighted by Crippen LogP contribution is 2.28. The van der Waals surface area contributed by atoms with Gasteiger partial charge in [0.1, 0.15) is 0 Å². The number of piperidine rings is 1. The summed E-state index contributed by atoms with van der Waals surface area (Å²) in [5.74, 6) is 1.62. The van der Waals surface area contributed by atoms with Gasteiger partial charge < -0.3 is 19.3 Å². The number of nitrogens with zero attached hydrogens (tertiary/aromatic N) is 3. The highest BCUT2D eigenvalue weighted by atomic mass is 16.5. The molecule has 1 aromatic carbocycles. The van der Waals surface area contributed by atoms with Gasteiger partial charge in [-0.15, -0.1) is 0 Å². The summed E-state index contributed by atoms with van der Waals surface area (Å²) in [4.78, 5) is 31.4. The van der Waals surface area contributed by atoms with E-state index in [1.165, 1.54) is 6.42 Å². The number of amides is 2. The van der Waals surface area contributed by atoms with E-state index in [-0.39, 0.29) is 11.8 Å². The molecule has 1 atom stereocenters. The second-order valence-electron chi connectivity index (χ2n) is 7.95. The van der Waals surface area contributed by atoms with Crippen molar-refractivity contribution in [3.8, 4) is 11.5 Å². The van der Waals surface area contributed by atoms with Crippen LogP contribution in [0.3, 0.4) is 0 Å². The number of carbonyl (C=O) groups is 2. The molecule has 2 saturated heterocycles. The molecule has 0 aromatic heterocycles. The summed E-state index contributed by atoms with van der Waals surface area (Å²) in [6.45, 7) is 6.29. The first-order valence-electron chi connectivity index (χ1n) is 10.5. The fourth-order valence-electron chi connectivity index (χ4n) is 4.18. The molecule has 2 aliphatic heterocycles. The maximum Gasteiger partial charge on any atom is 0.236 e. The number of ether oxygens (including phenoxy) is 2. The summed E-state index contributed by atoms with van der Waals surface area (Å²) < 4.78 is 10.6. The molecule has 7 heteroatoms. The fraction of sp³-hybridized carbons (Fsp3) is 0.636. The van der Waals surface area contributed by atoms with Crippen molar-refractivity contribution in [3.05, 3.63) is 23.8 Å². The lowest BCUT2D eigenvalue weighted by atomic mass is 10.0. The van der Waals surface area contributed by atoms with Gasteiger partial charge in [-0.3, -0.25) is 14.5 Å². The van der Waals surface area contributed by atoms with Gasteiger partial charge in [-0.05, 0) is 43.9 Å². The molecule has 1 aromatic rings. The zero-order valence-corrected chi connectivity index (χ0v) is 17.9. The van der Waals surface area contributed by atoms with Crippen LogP contribution in [-0.4, -0.2) is 86.0 Å². The van der Waals surface area contributed by atoms with Crippen LogP contribution in [-0.2, 0) is 16.0 Å². The molecule has 0 spiro atoms. The van der Waals surface area contributed by atoms with E-state index < -0.39 is 0 Å². The maximum atomic E-state index is 12.7. The van der Waals surface area contributed by atoms with E-state index in [2.05, 4.69) is 11.8 Å². The lowest BCUT2D eigenvalue weighted by Gasteiger charge is -2.38. The Labute approximate surface area is 173 Å². The smallest absolute Gasteiger partial charge is 0.236 e. The van der Waals surface area contributed by atoms with Gasteiger partial charge in [-0.2, -0.15) is 0 Å². The number of hydrogen-bond donors (Lipinski definition) is 0. The minimum Gasteiger partial charge on any atom is -0.493 e. The third kappa shape index (κ3) is 5.41. The minimum atomic E-state index is 0.104. The lowest BCUT2D eigenvalue weighted by molar-refractivity contribution is -0.137. The monoisotopic (exact) mass is 403 g/mol. The van der Waals surface area contributed by atoms with Crippen LogP contribution in [0.1, 0.15) is 31.7 Å². The van der Waals surface area contributed by atoms with Crippen molar-refractivity contribution < 1.29 is 19.1 Å². The quantitative estimate of drug-likeness (QED) is 0.725. The average Bonchev–Trinajstić information content (AvgIpc) is 2.74. The molecule has 7 nitrogen and oxygen atoms in total. The van der Waals surface area contributed by atoms with Crippen molar-refractivity contribution in [3.63, 3.8) is 0 Å². The van der Waals surface area contributed by atoms with E-state index in [4.69, 9.17) is 9.47 Å². The highest BCUT2D eigenvalue weighted by molar-refractivity contribution is 5.80. The van der Waals surface area contributed by atoms with Gasteiger partial charge in [0.2, 0.25) is 11.8 Å². The Bertz CT molecular complexity index is 716. The molecule has 0 saturated carbocycles. The van der Waals surface area contributed by atoms with Gasteiger partial charge in [0.25, 0.3) is 0 Å². The topological polar surface area (TPSA) is 62.3 Å². The number of methoxy groups -OCH3 is 2. The molecule has 0 radical (unpaired) electrons. The van der Waals surface area contributed by atoms with Gasteiger partial charge >= 0.3 is 0 Å². The largest absolute Gasteiger partial charge is 0.493 e. The van der Waals surface area contributed by atoms with Crippen LogP contribution in [0.5, 0.6) is 11.5 Å². The molecule has 3 rings (SSSR count). The fourth-order valence-corrected chi connectivity index (χ4v) is 4.18. The first-order chi connectivity index (χ1) is 14.0.